The molecule has 10 heteroatoms. The molecule has 0 spiro atoms. The Kier molecular flexibility index (Phi) is 6.62. The number of benzene rings is 2. The minimum absolute atomic E-state index is 0.0323. The van der Waals surface area contributed by atoms with Crippen LogP contribution in [0.3, 0.4) is 0 Å². The molecule has 0 atom stereocenters. The second kappa shape index (κ2) is 8.34. The summed E-state index contributed by atoms with van der Waals surface area (Å²) >= 11 is 9.07. The second-order valence-corrected chi connectivity index (χ2v) is 8.79. The summed E-state index contributed by atoms with van der Waals surface area (Å²) < 4.78 is 44.8. The van der Waals surface area contributed by atoms with E-state index in [1.165, 1.54) is 44.4 Å². The number of anilines is 1. The molecule has 26 heavy (non-hydrogen) atoms. The Labute approximate surface area is 164 Å². The molecule has 1 amide bonds. The van der Waals surface area contributed by atoms with Gasteiger partial charge in [-0.15, -0.1) is 0 Å². The molecule has 0 heterocycles. The molecule has 2 aromatic carbocycles. The molecule has 0 bridgehead atoms. The first kappa shape index (κ1) is 20.6. The van der Waals surface area contributed by atoms with Gasteiger partial charge in [0.25, 0.3) is 5.91 Å². The molecule has 6 nitrogen and oxygen atoms in total. The van der Waals surface area contributed by atoms with Crippen LogP contribution in [0.2, 0.25) is 5.02 Å². The highest BCUT2D eigenvalue weighted by molar-refractivity contribution is 9.10. The predicted molar refractivity (Wildman–Crippen MR) is 101 cm³/mol. The number of nitrogens with zero attached hydrogens (tertiary/aromatic N) is 1. The van der Waals surface area contributed by atoms with Crippen LogP contribution in [0.1, 0.15) is 0 Å². The quantitative estimate of drug-likeness (QED) is 0.708. The maximum Gasteiger partial charge on any atom is 0.262 e. The van der Waals surface area contributed by atoms with E-state index in [-0.39, 0.29) is 21.4 Å². The summed E-state index contributed by atoms with van der Waals surface area (Å²) in [5.41, 5.74) is 0.222. The van der Waals surface area contributed by atoms with Crippen LogP contribution in [0.25, 0.3) is 0 Å². The summed E-state index contributed by atoms with van der Waals surface area (Å²) in [6.07, 6.45) is 0. The lowest BCUT2D eigenvalue weighted by Crippen LogP contribution is -2.23. The minimum Gasteiger partial charge on any atom is -0.481 e. The monoisotopic (exact) mass is 464 g/mol. The van der Waals surface area contributed by atoms with Gasteiger partial charge in [-0.25, -0.2) is 17.1 Å². The van der Waals surface area contributed by atoms with Crippen molar-refractivity contribution in [1.82, 2.24) is 4.31 Å². The van der Waals surface area contributed by atoms with E-state index >= 15 is 0 Å². The molecular formula is C16H15BrClFN2O4S. The summed E-state index contributed by atoms with van der Waals surface area (Å²) in [5.74, 6) is -1.27. The highest BCUT2D eigenvalue weighted by atomic mass is 79.9. The summed E-state index contributed by atoms with van der Waals surface area (Å²) in [6, 6.07) is 8.24. The first-order valence-electron chi connectivity index (χ1n) is 7.21. The van der Waals surface area contributed by atoms with Crippen LogP contribution >= 0.6 is 27.5 Å². The molecule has 0 fully saturated rings. The molecule has 0 aliphatic heterocycles. The fourth-order valence-electron chi connectivity index (χ4n) is 1.91. The number of ether oxygens (including phenoxy) is 1. The van der Waals surface area contributed by atoms with Crippen molar-refractivity contribution in [2.45, 2.75) is 4.90 Å². The molecular weight excluding hydrogens is 451 g/mol. The fourth-order valence-corrected chi connectivity index (χ4v) is 3.64. The minimum atomic E-state index is -3.77. The number of amides is 1. The van der Waals surface area contributed by atoms with Crippen LogP contribution in [-0.4, -0.2) is 39.3 Å². The zero-order valence-electron chi connectivity index (χ0n) is 13.8. The lowest BCUT2D eigenvalue weighted by atomic mass is 10.3. The van der Waals surface area contributed by atoms with Crippen molar-refractivity contribution in [2.75, 3.05) is 26.0 Å². The molecule has 0 saturated carbocycles. The Morgan fingerprint density at radius 1 is 1.27 bits per heavy atom. The number of rotatable bonds is 6. The van der Waals surface area contributed by atoms with E-state index in [2.05, 4.69) is 21.2 Å². The van der Waals surface area contributed by atoms with Crippen molar-refractivity contribution in [3.63, 3.8) is 0 Å². The topological polar surface area (TPSA) is 75.7 Å². The van der Waals surface area contributed by atoms with E-state index in [9.17, 15) is 17.6 Å². The van der Waals surface area contributed by atoms with E-state index in [1.807, 2.05) is 0 Å². The first-order valence-corrected chi connectivity index (χ1v) is 9.82. The number of sulfonamides is 1. The van der Waals surface area contributed by atoms with E-state index in [4.69, 9.17) is 16.3 Å². The highest BCUT2D eigenvalue weighted by Crippen LogP contribution is 2.27. The standard InChI is InChI=1S/C16H15BrClFN2O4S/c1-21(2)26(23,24)15-8-11(4-5-12(15)18)20-16(22)9-25-14-6-3-10(17)7-13(14)19/h3-8H,9H2,1-2H3,(H,20,22). The van der Waals surface area contributed by atoms with Crippen molar-refractivity contribution in [2.24, 2.45) is 0 Å². The highest BCUT2D eigenvalue weighted by Gasteiger charge is 2.21. The third-order valence-electron chi connectivity index (χ3n) is 3.23. The van der Waals surface area contributed by atoms with Gasteiger partial charge in [-0.3, -0.25) is 4.79 Å². The van der Waals surface area contributed by atoms with Gasteiger partial charge >= 0.3 is 0 Å². The fraction of sp³-hybridized carbons (Fsp3) is 0.188. The Bertz CT molecular complexity index is 938. The van der Waals surface area contributed by atoms with Crippen molar-refractivity contribution in [3.05, 3.63) is 51.7 Å². The molecule has 0 aliphatic rings. The van der Waals surface area contributed by atoms with Crippen molar-refractivity contribution in [1.29, 1.82) is 0 Å². The number of carbonyl (C=O) groups excluding carboxylic acids is 1. The van der Waals surface area contributed by atoms with Gasteiger partial charge in [-0.2, -0.15) is 0 Å². The summed E-state index contributed by atoms with van der Waals surface area (Å²) in [7, 11) is -1.02. The third-order valence-corrected chi connectivity index (χ3v) is 6.02. The van der Waals surface area contributed by atoms with Gasteiger partial charge in [0.15, 0.2) is 18.2 Å². The number of nitrogens with one attached hydrogen (secondary N) is 1. The predicted octanol–water partition coefficient (Wildman–Crippen LogP) is 3.51. The van der Waals surface area contributed by atoms with Gasteiger partial charge < -0.3 is 10.1 Å². The largest absolute Gasteiger partial charge is 0.481 e. The molecule has 2 aromatic rings. The van der Waals surface area contributed by atoms with Gasteiger partial charge in [0, 0.05) is 24.3 Å². The number of hydrogen-bond acceptors (Lipinski definition) is 4. The van der Waals surface area contributed by atoms with Crippen LogP contribution in [0.4, 0.5) is 10.1 Å². The van der Waals surface area contributed by atoms with E-state index in [1.54, 1.807) is 6.07 Å². The summed E-state index contributed by atoms with van der Waals surface area (Å²) in [6.45, 7) is -0.447. The van der Waals surface area contributed by atoms with Crippen LogP contribution in [-0.2, 0) is 14.8 Å². The third kappa shape index (κ3) is 4.94. The van der Waals surface area contributed by atoms with Gasteiger partial charge in [-0.1, -0.05) is 27.5 Å². The lowest BCUT2D eigenvalue weighted by molar-refractivity contribution is -0.118. The Morgan fingerprint density at radius 2 is 1.96 bits per heavy atom. The van der Waals surface area contributed by atoms with Crippen LogP contribution in [0.15, 0.2) is 45.8 Å². The second-order valence-electron chi connectivity index (χ2n) is 5.34. The van der Waals surface area contributed by atoms with Gasteiger partial charge in [-0.05, 0) is 36.4 Å². The van der Waals surface area contributed by atoms with Gasteiger partial charge in [0.05, 0.1) is 5.02 Å². The van der Waals surface area contributed by atoms with E-state index in [0.29, 0.717) is 4.47 Å². The molecule has 1 N–H and O–H groups in total. The zero-order chi connectivity index (χ0) is 19.5. The van der Waals surface area contributed by atoms with Crippen LogP contribution in [0, 0.1) is 5.82 Å². The molecule has 0 radical (unpaired) electrons. The van der Waals surface area contributed by atoms with E-state index < -0.39 is 28.4 Å². The van der Waals surface area contributed by atoms with Crippen LogP contribution in [0.5, 0.6) is 5.75 Å². The Balaban J connectivity index is 2.10. The normalized spacial score (nSPS) is 11.5. The van der Waals surface area contributed by atoms with Crippen molar-refractivity contribution in [3.8, 4) is 5.75 Å². The Morgan fingerprint density at radius 3 is 2.58 bits per heavy atom. The lowest BCUT2D eigenvalue weighted by Gasteiger charge is -2.14. The first-order chi connectivity index (χ1) is 12.1. The van der Waals surface area contributed by atoms with Crippen molar-refractivity contribution < 1.29 is 22.3 Å². The SMILES string of the molecule is CN(C)S(=O)(=O)c1cc(NC(=O)COc2ccc(Br)cc2F)ccc1Cl. The van der Waals surface area contributed by atoms with E-state index in [0.717, 1.165) is 4.31 Å². The molecule has 140 valence electrons. The smallest absolute Gasteiger partial charge is 0.262 e. The average molecular weight is 466 g/mol. The van der Waals surface area contributed by atoms with Crippen molar-refractivity contribution >= 4 is 49.1 Å². The van der Waals surface area contributed by atoms with Gasteiger partial charge in [0.1, 0.15) is 4.90 Å². The molecule has 0 aliphatic carbocycles. The Hall–Kier alpha value is -1.68. The molecule has 2 rings (SSSR count). The van der Waals surface area contributed by atoms with Gasteiger partial charge in [0.2, 0.25) is 10.0 Å². The average Bonchev–Trinajstić information content (AvgIpc) is 2.55. The summed E-state index contributed by atoms with van der Waals surface area (Å²) in [5, 5.41) is 2.52. The molecule has 0 unspecified atom stereocenters. The maximum absolute atomic E-state index is 13.7. The number of hydrogen-bond donors (Lipinski definition) is 1. The zero-order valence-corrected chi connectivity index (χ0v) is 17.0. The molecule has 0 saturated heterocycles. The van der Waals surface area contributed by atoms with Crippen LogP contribution < -0.4 is 10.1 Å². The maximum atomic E-state index is 13.7. The number of carbonyl (C=O) groups is 1. The summed E-state index contributed by atoms with van der Waals surface area (Å²) in [4.78, 5) is 11.8. The molecule has 0 aromatic heterocycles. The number of halogens is 3.